The van der Waals surface area contributed by atoms with Crippen molar-refractivity contribution in [3.05, 3.63) is 101 Å². The fraction of sp³-hybridized carbons (Fsp3) is 0.367. The molecule has 1 saturated carbocycles. The van der Waals surface area contributed by atoms with E-state index in [4.69, 9.17) is 23.2 Å². The smallest absolute Gasteiger partial charge is 0.274 e. The third-order valence-corrected chi connectivity index (χ3v) is 10.2. The van der Waals surface area contributed by atoms with Gasteiger partial charge in [-0.05, 0) is 61.1 Å². The van der Waals surface area contributed by atoms with Gasteiger partial charge in [-0.2, -0.15) is 0 Å². The molecule has 0 radical (unpaired) electrons. The van der Waals surface area contributed by atoms with Crippen LogP contribution >= 0.6 is 39.1 Å². The number of nitro benzene ring substituents is 1. The van der Waals surface area contributed by atoms with E-state index in [2.05, 4.69) is 26.6 Å². The fourth-order valence-electron chi connectivity index (χ4n) is 6.75. The number of aliphatic hydroxyl groups excluding tert-OH is 1. The molecule has 0 bridgehead atoms. The van der Waals surface area contributed by atoms with E-state index in [0.717, 1.165) is 12.8 Å². The van der Waals surface area contributed by atoms with Gasteiger partial charge < -0.3 is 15.7 Å². The molecule has 3 N–H and O–H groups in total. The van der Waals surface area contributed by atoms with E-state index in [9.17, 15) is 20.0 Å². The van der Waals surface area contributed by atoms with Crippen LogP contribution in [0.25, 0.3) is 0 Å². The summed E-state index contributed by atoms with van der Waals surface area (Å²) in [7, 11) is 0. The monoisotopic (exact) mass is 676 g/mol. The van der Waals surface area contributed by atoms with Crippen LogP contribution in [0, 0.1) is 28.8 Å². The molecule has 1 aliphatic carbocycles. The lowest BCUT2D eigenvalue weighted by atomic mass is 9.73. The molecule has 0 aromatic heterocycles. The highest BCUT2D eigenvalue weighted by molar-refractivity contribution is 9.10. The highest BCUT2D eigenvalue weighted by Crippen LogP contribution is 2.58. The summed E-state index contributed by atoms with van der Waals surface area (Å²) in [6.07, 6.45) is 1.97. The first-order valence-electron chi connectivity index (χ1n) is 13.7. The van der Waals surface area contributed by atoms with E-state index in [-0.39, 0.29) is 35.3 Å². The molecule has 42 heavy (non-hydrogen) atoms. The second-order valence-electron chi connectivity index (χ2n) is 11.3. The molecule has 2 fully saturated rings. The number of hydrogen-bond acceptors (Lipinski definition) is 6. The topological polar surface area (TPSA) is 108 Å². The largest absolute Gasteiger partial charge is 0.395 e. The van der Waals surface area contributed by atoms with Crippen LogP contribution in [0.4, 0.5) is 15.8 Å². The number of nitro groups is 1. The molecule has 0 unspecified atom stereocenters. The molecule has 1 saturated heterocycles. The Morgan fingerprint density at radius 2 is 2.00 bits per heavy atom. The molecule has 4 atom stereocenters. The van der Waals surface area contributed by atoms with Gasteiger partial charge in [0.15, 0.2) is 0 Å². The second kappa shape index (κ2) is 11.2. The maximum atomic E-state index is 16.0. The van der Waals surface area contributed by atoms with Crippen LogP contribution in [0.3, 0.4) is 0 Å². The molecule has 8 nitrogen and oxygen atoms in total. The minimum atomic E-state index is -1.40. The van der Waals surface area contributed by atoms with Gasteiger partial charge in [0.05, 0.1) is 22.6 Å². The number of aryl methyl sites for hydroxylation is 1. The molecule has 2 aliphatic heterocycles. The van der Waals surface area contributed by atoms with Crippen LogP contribution in [0.15, 0.2) is 53.0 Å². The number of fused-ring (bicyclic) bond motifs is 2. The van der Waals surface area contributed by atoms with Gasteiger partial charge >= 0.3 is 0 Å². The number of aliphatic hydroxyl groups is 1. The average molecular weight is 678 g/mol. The summed E-state index contributed by atoms with van der Waals surface area (Å²) < 4.78 is 16.7. The minimum Gasteiger partial charge on any atom is -0.395 e. The van der Waals surface area contributed by atoms with Crippen LogP contribution in [0.2, 0.25) is 10.0 Å². The van der Waals surface area contributed by atoms with Crippen molar-refractivity contribution in [2.75, 3.05) is 18.5 Å². The molecular weight excluding hydrogens is 650 g/mol. The van der Waals surface area contributed by atoms with Gasteiger partial charge in [0.25, 0.3) is 5.69 Å². The summed E-state index contributed by atoms with van der Waals surface area (Å²) in [5.74, 6) is -1.54. The zero-order chi connectivity index (χ0) is 29.9. The molecule has 1 amide bonds. The number of hydrogen-bond donors (Lipinski definition) is 3. The van der Waals surface area contributed by atoms with Gasteiger partial charge in [-0.15, -0.1) is 0 Å². The molecule has 3 aromatic rings. The Labute approximate surface area is 260 Å². The Morgan fingerprint density at radius 3 is 2.69 bits per heavy atom. The number of nitrogens with one attached hydrogen (secondary N) is 2. The average Bonchev–Trinajstić information content (AvgIpc) is 3.67. The van der Waals surface area contributed by atoms with E-state index in [0.29, 0.717) is 44.3 Å². The first-order chi connectivity index (χ1) is 20.1. The number of likely N-dealkylation sites (tertiary alicyclic amines) is 1. The number of benzene rings is 3. The number of rotatable bonds is 8. The predicted octanol–water partition coefficient (Wildman–Crippen LogP) is 6.29. The fourth-order valence-corrected chi connectivity index (χ4v) is 7.50. The Bertz CT molecular complexity index is 1610. The maximum Gasteiger partial charge on any atom is 0.274 e. The van der Waals surface area contributed by atoms with Gasteiger partial charge in [0.1, 0.15) is 11.4 Å². The van der Waals surface area contributed by atoms with Gasteiger partial charge in [-0.25, -0.2) is 4.39 Å². The molecule has 1 spiro atoms. The quantitative estimate of drug-likeness (QED) is 0.191. The number of carbonyl (C=O) groups excluding carboxylic acids is 1. The molecule has 220 valence electrons. The van der Waals surface area contributed by atoms with Crippen molar-refractivity contribution in [2.24, 2.45) is 5.92 Å². The van der Waals surface area contributed by atoms with Gasteiger partial charge in [-0.1, -0.05) is 57.3 Å². The summed E-state index contributed by atoms with van der Waals surface area (Å²) in [5.41, 5.74) is 1.04. The Hall–Kier alpha value is -2.60. The number of halogens is 4. The number of anilines is 1. The summed E-state index contributed by atoms with van der Waals surface area (Å²) in [6.45, 7) is 1.99. The summed E-state index contributed by atoms with van der Waals surface area (Å²) in [4.78, 5) is 27.8. The van der Waals surface area contributed by atoms with Crippen molar-refractivity contribution in [1.82, 2.24) is 10.2 Å². The molecule has 6 rings (SSSR count). The zero-order valence-corrected chi connectivity index (χ0v) is 25.6. The first kappa shape index (κ1) is 29.5. The molecule has 12 heteroatoms. The van der Waals surface area contributed by atoms with Crippen molar-refractivity contribution in [2.45, 2.75) is 49.9 Å². The normalized spacial score (nSPS) is 25.2. The minimum absolute atomic E-state index is 0.0392. The molecule has 3 aromatic carbocycles. The third kappa shape index (κ3) is 4.73. The number of carbonyl (C=O) groups is 1. The van der Waals surface area contributed by atoms with E-state index in [1.165, 1.54) is 12.1 Å². The van der Waals surface area contributed by atoms with Crippen LogP contribution < -0.4 is 10.6 Å². The lowest BCUT2D eigenvalue weighted by molar-refractivity contribution is -0.385. The second-order valence-corrected chi connectivity index (χ2v) is 13.0. The Morgan fingerprint density at radius 1 is 1.24 bits per heavy atom. The highest BCUT2D eigenvalue weighted by atomic mass is 79.9. The Kier molecular flexibility index (Phi) is 7.83. The standard InChI is InChI=1S/C30H28BrCl2FN4O4/c1-15-9-24(38(41)42)17(10-21(15)31)12-35-28-25(14-39)37(13-16-5-6-16)30(26(28)19-3-2-4-22(33)27(19)34)20-8-7-18(32)11-23(20)36-29(30)40/h2-4,7-11,16,25-26,28,35,39H,5-6,12-14H2,1H3,(H,36,40)/t25-,26-,28+,30+/m0/s1. The van der Waals surface area contributed by atoms with Crippen molar-refractivity contribution >= 4 is 56.4 Å². The van der Waals surface area contributed by atoms with Crippen LogP contribution in [0.5, 0.6) is 0 Å². The maximum absolute atomic E-state index is 16.0. The van der Waals surface area contributed by atoms with E-state index in [1.54, 1.807) is 43.3 Å². The number of amides is 1. The first-order valence-corrected chi connectivity index (χ1v) is 15.2. The Balaban J connectivity index is 1.55. The summed E-state index contributed by atoms with van der Waals surface area (Å²) in [6, 6.07) is 11.7. The lowest BCUT2D eigenvalue weighted by Crippen LogP contribution is -2.53. The van der Waals surface area contributed by atoms with Gasteiger partial charge in [0, 0.05) is 57.4 Å². The zero-order valence-electron chi connectivity index (χ0n) is 22.5. The van der Waals surface area contributed by atoms with Crippen molar-refractivity contribution in [3.63, 3.8) is 0 Å². The molecular formula is C30H28BrCl2FN4O4. The van der Waals surface area contributed by atoms with Crippen molar-refractivity contribution in [1.29, 1.82) is 0 Å². The SMILES string of the molecule is Cc1cc([N+](=O)[O-])c(CN[C@@H]2[C@H](CO)N(CC3CC3)[C@@]3(C(=O)Nc4cc(Cl)ccc43)[C@H]2c2cccc(Cl)c2F)cc1Br. The van der Waals surface area contributed by atoms with Crippen molar-refractivity contribution < 1.29 is 19.2 Å². The van der Waals surface area contributed by atoms with Gasteiger partial charge in [-0.3, -0.25) is 19.8 Å². The summed E-state index contributed by atoms with van der Waals surface area (Å²) in [5, 5.41) is 29.6. The van der Waals surface area contributed by atoms with E-state index >= 15 is 4.39 Å². The lowest BCUT2D eigenvalue weighted by Gasteiger charge is -2.39. The highest BCUT2D eigenvalue weighted by Gasteiger charge is 2.67. The third-order valence-electron chi connectivity index (χ3n) is 8.80. The number of nitrogens with zero attached hydrogens (tertiary/aromatic N) is 2. The van der Waals surface area contributed by atoms with E-state index < -0.39 is 34.3 Å². The van der Waals surface area contributed by atoms with E-state index in [1.807, 2.05) is 4.90 Å². The van der Waals surface area contributed by atoms with Crippen LogP contribution in [0.1, 0.15) is 41.0 Å². The molecule has 2 heterocycles. The predicted molar refractivity (Wildman–Crippen MR) is 162 cm³/mol. The van der Waals surface area contributed by atoms with Crippen molar-refractivity contribution in [3.8, 4) is 0 Å². The summed E-state index contributed by atoms with van der Waals surface area (Å²) >= 11 is 16.1. The van der Waals surface area contributed by atoms with Crippen LogP contribution in [-0.2, 0) is 16.9 Å². The molecule has 3 aliphatic rings. The van der Waals surface area contributed by atoms with Gasteiger partial charge in [0.2, 0.25) is 5.91 Å². The van der Waals surface area contributed by atoms with Crippen LogP contribution in [-0.4, -0.2) is 46.1 Å².